The van der Waals surface area contributed by atoms with Gasteiger partial charge in [0.05, 0.1) is 0 Å². The van der Waals surface area contributed by atoms with E-state index in [0.29, 0.717) is 35.9 Å². The molecule has 0 radical (unpaired) electrons. The summed E-state index contributed by atoms with van der Waals surface area (Å²) in [6.07, 6.45) is 10.6. The van der Waals surface area contributed by atoms with Gasteiger partial charge in [0.25, 0.3) is 0 Å². The topological polar surface area (TPSA) is 32.3 Å². The van der Waals surface area contributed by atoms with Crippen LogP contribution < -0.4 is 5.32 Å². The molecule has 2 bridgehead atoms. The second-order valence-electron chi connectivity index (χ2n) is 8.60. The van der Waals surface area contributed by atoms with Crippen LogP contribution in [-0.4, -0.2) is 36.0 Å². The van der Waals surface area contributed by atoms with E-state index in [-0.39, 0.29) is 0 Å². The predicted molar refractivity (Wildman–Crippen MR) is 101 cm³/mol. The first-order valence-electron chi connectivity index (χ1n) is 10.3. The average Bonchev–Trinajstić information content (AvgIpc) is 3.00. The summed E-state index contributed by atoms with van der Waals surface area (Å²) < 4.78 is 0. The van der Waals surface area contributed by atoms with Crippen molar-refractivity contribution in [2.75, 3.05) is 7.05 Å². The molecule has 3 aliphatic rings. The van der Waals surface area contributed by atoms with Gasteiger partial charge in [0, 0.05) is 31.6 Å². The van der Waals surface area contributed by atoms with Crippen LogP contribution in [0.25, 0.3) is 0 Å². The second-order valence-corrected chi connectivity index (χ2v) is 8.60. The third-order valence-corrected chi connectivity index (χ3v) is 6.97. The smallest absolute Gasteiger partial charge is 0.222 e. The highest BCUT2D eigenvalue weighted by atomic mass is 16.2. The Morgan fingerprint density at radius 3 is 2.28 bits per heavy atom. The van der Waals surface area contributed by atoms with Crippen LogP contribution in [0.3, 0.4) is 0 Å². The maximum Gasteiger partial charge on any atom is 0.222 e. The van der Waals surface area contributed by atoms with E-state index in [1.165, 1.54) is 44.1 Å². The van der Waals surface area contributed by atoms with Gasteiger partial charge in [0.1, 0.15) is 0 Å². The van der Waals surface area contributed by atoms with Crippen molar-refractivity contribution >= 4 is 5.91 Å². The van der Waals surface area contributed by atoms with Gasteiger partial charge in [-0.2, -0.15) is 0 Å². The monoisotopic (exact) mass is 340 g/mol. The van der Waals surface area contributed by atoms with Gasteiger partial charge in [-0.3, -0.25) is 4.79 Å². The van der Waals surface area contributed by atoms with Crippen molar-refractivity contribution in [2.24, 2.45) is 5.92 Å². The normalized spacial score (nSPS) is 34.7. The van der Waals surface area contributed by atoms with Gasteiger partial charge in [-0.1, -0.05) is 30.3 Å². The van der Waals surface area contributed by atoms with Crippen molar-refractivity contribution in [3.8, 4) is 0 Å². The molecule has 2 heterocycles. The van der Waals surface area contributed by atoms with E-state index in [2.05, 4.69) is 40.5 Å². The van der Waals surface area contributed by atoms with E-state index in [1.807, 2.05) is 7.05 Å². The molecule has 3 fully saturated rings. The molecule has 1 saturated carbocycles. The molecule has 2 saturated heterocycles. The summed E-state index contributed by atoms with van der Waals surface area (Å²) in [6.45, 7) is 0. The predicted octanol–water partition coefficient (Wildman–Crippen LogP) is 4.09. The number of fused-ring (bicyclic) bond motifs is 2. The molecule has 1 N–H and O–H groups in total. The zero-order chi connectivity index (χ0) is 17.2. The van der Waals surface area contributed by atoms with E-state index in [1.54, 1.807) is 0 Å². The van der Waals surface area contributed by atoms with Crippen molar-refractivity contribution < 1.29 is 4.79 Å². The Morgan fingerprint density at radius 2 is 1.64 bits per heavy atom. The van der Waals surface area contributed by atoms with E-state index < -0.39 is 0 Å². The number of carbonyl (C=O) groups excluding carboxylic acids is 1. The quantitative estimate of drug-likeness (QED) is 0.895. The number of carbonyl (C=O) groups is 1. The zero-order valence-electron chi connectivity index (χ0n) is 15.5. The maximum absolute atomic E-state index is 12.8. The highest BCUT2D eigenvalue weighted by Crippen LogP contribution is 2.37. The first kappa shape index (κ1) is 17.1. The summed E-state index contributed by atoms with van der Waals surface area (Å²) in [5, 5.41) is 3.68. The first-order valence-corrected chi connectivity index (χ1v) is 10.3. The van der Waals surface area contributed by atoms with Crippen molar-refractivity contribution in [2.45, 2.75) is 81.8 Å². The standard InChI is InChI=1S/C22H32N2O/c1-24(21-14-19-11-12-20(15-21)23-19)22(25)13-16-7-9-18(10-8-16)17-5-3-2-4-6-17/h2-6,16,18-21,23H,7-15H2,1H3. The number of amides is 1. The molecular formula is C22H32N2O. The molecule has 3 heteroatoms. The van der Waals surface area contributed by atoms with Gasteiger partial charge in [0.2, 0.25) is 5.91 Å². The number of benzene rings is 1. The highest BCUT2D eigenvalue weighted by Gasteiger charge is 2.36. The Hall–Kier alpha value is -1.35. The molecule has 0 aromatic heterocycles. The maximum atomic E-state index is 12.8. The third-order valence-electron chi connectivity index (χ3n) is 6.97. The Bertz CT molecular complexity index is 567. The molecular weight excluding hydrogens is 308 g/mol. The van der Waals surface area contributed by atoms with E-state index in [9.17, 15) is 4.79 Å². The molecule has 1 amide bonds. The summed E-state index contributed by atoms with van der Waals surface area (Å²) in [6, 6.07) is 12.7. The minimum atomic E-state index is 0.384. The van der Waals surface area contributed by atoms with Gasteiger partial charge in [-0.15, -0.1) is 0 Å². The Kier molecular flexibility index (Phi) is 5.12. The first-order chi connectivity index (χ1) is 12.2. The molecule has 2 unspecified atom stereocenters. The SMILES string of the molecule is CN(C(=O)CC1CCC(c2ccccc2)CC1)C1CC2CCC(C1)N2. The van der Waals surface area contributed by atoms with Crippen LogP contribution in [0, 0.1) is 5.92 Å². The van der Waals surface area contributed by atoms with E-state index in [0.717, 1.165) is 19.3 Å². The van der Waals surface area contributed by atoms with Crippen LogP contribution in [0.1, 0.15) is 69.3 Å². The number of hydrogen-bond acceptors (Lipinski definition) is 2. The van der Waals surface area contributed by atoms with Crippen LogP contribution in [0.5, 0.6) is 0 Å². The molecule has 4 rings (SSSR count). The fraction of sp³-hybridized carbons (Fsp3) is 0.682. The van der Waals surface area contributed by atoms with Gasteiger partial charge >= 0.3 is 0 Å². The number of nitrogens with zero attached hydrogens (tertiary/aromatic N) is 1. The summed E-state index contributed by atoms with van der Waals surface area (Å²) in [7, 11) is 2.05. The van der Waals surface area contributed by atoms with Gasteiger partial charge in [-0.25, -0.2) is 0 Å². The summed E-state index contributed by atoms with van der Waals surface area (Å²) in [5.41, 5.74) is 1.48. The molecule has 0 spiro atoms. The Morgan fingerprint density at radius 1 is 1.00 bits per heavy atom. The number of nitrogens with one attached hydrogen (secondary N) is 1. The van der Waals surface area contributed by atoms with Crippen LogP contribution >= 0.6 is 0 Å². The molecule has 1 aromatic rings. The molecule has 2 aliphatic heterocycles. The van der Waals surface area contributed by atoms with Crippen LogP contribution in [0.4, 0.5) is 0 Å². The fourth-order valence-electron chi connectivity index (χ4n) is 5.36. The van der Waals surface area contributed by atoms with Gasteiger partial charge in [0.15, 0.2) is 0 Å². The molecule has 1 aliphatic carbocycles. The van der Waals surface area contributed by atoms with Crippen molar-refractivity contribution in [3.63, 3.8) is 0 Å². The highest BCUT2D eigenvalue weighted by molar-refractivity contribution is 5.76. The summed E-state index contributed by atoms with van der Waals surface area (Å²) >= 11 is 0. The molecule has 25 heavy (non-hydrogen) atoms. The lowest BCUT2D eigenvalue weighted by Gasteiger charge is -2.37. The number of piperidine rings is 1. The molecule has 1 aromatic carbocycles. The Balaban J connectivity index is 1.26. The average molecular weight is 341 g/mol. The fourth-order valence-corrected chi connectivity index (χ4v) is 5.36. The molecule has 136 valence electrons. The zero-order valence-corrected chi connectivity index (χ0v) is 15.5. The lowest BCUT2D eigenvalue weighted by Crippen LogP contribution is -2.49. The van der Waals surface area contributed by atoms with E-state index in [4.69, 9.17) is 0 Å². The Labute approximate surface area is 152 Å². The number of hydrogen-bond donors (Lipinski definition) is 1. The third kappa shape index (κ3) is 3.92. The van der Waals surface area contributed by atoms with E-state index >= 15 is 0 Å². The molecule has 2 atom stereocenters. The minimum Gasteiger partial charge on any atom is -0.343 e. The minimum absolute atomic E-state index is 0.384. The lowest BCUT2D eigenvalue weighted by molar-refractivity contribution is -0.134. The van der Waals surface area contributed by atoms with Crippen molar-refractivity contribution in [1.82, 2.24) is 10.2 Å². The summed E-state index contributed by atoms with van der Waals surface area (Å²) in [5.74, 6) is 1.67. The largest absolute Gasteiger partial charge is 0.343 e. The van der Waals surface area contributed by atoms with Gasteiger partial charge in [-0.05, 0) is 68.8 Å². The van der Waals surface area contributed by atoms with Crippen molar-refractivity contribution in [3.05, 3.63) is 35.9 Å². The van der Waals surface area contributed by atoms with Crippen LogP contribution in [0.15, 0.2) is 30.3 Å². The van der Waals surface area contributed by atoms with Crippen LogP contribution in [-0.2, 0) is 4.79 Å². The van der Waals surface area contributed by atoms with Crippen LogP contribution in [0.2, 0.25) is 0 Å². The lowest BCUT2D eigenvalue weighted by atomic mass is 9.77. The summed E-state index contributed by atoms with van der Waals surface area (Å²) in [4.78, 5) is 14.9. The number of rotatable bonds is 4. The van der Waals surface area contributed by atoms with Gasteiger partial charge < -0.3 is 10.2 Å². The second kappa shape index (κ2) is 7.49. The molecule has 3 nitrogen and oxygen atoms in total. The van der Waals surface area contributed by atoms with Crippen molar-refractivity contribution in [1.29, 1.82) is 0 Å².